The Labute approximate surface area is 122 Å². The SMILES string of the molecule is CN1C(C)(C)CC(NC(=O)[C@@H]2C[C@@H](N)CN2)CC1(C)C. The lowest BCUT2D eigenvalue weighted by atomic mass is 9.77. The van der Waals surface area contributed by atoms with Crippen LogP contribution in [0.3, 0.4) is 0 Å². The molecule has 0 aromatic rings. The average Bonchev–Trinajstić information content (AvgIpc) is 2.72. The van der Waals surface area contributed by atoms with Gasteiger partial charge in [0, 0.05) is 29.7 Å². The van der Waals surface area contributed by atoms with Gasteiger partial charge >= 0.3 is 0 Å². The van der Waals surface area contributed by atoms with E-state index in [0.29, 0.717) is 0 Å². The zero-order chi connectivity index (χ0) is 15.1. The van der Waals surface area contributed by atoms with E-state index in [9.17, 15) is 4.79 Å². The van der Waals surface area contributed by atoms with Crippen molar-refractivity contribution in [3.8, 4) is 0 Å². The highest BCUT2D eigenvalue weighted by Gasteiger charge is 2.43. The number of carbonyl (C=O) groups is 1. The third kappa shape index (κ3) is 3.15. The molecule has 4 N–H and O–H groups in total. The quantitative estimate of drug-likeness (QED) is 0.687. The molecule has 2 rings (SSSR count). The minimum Gasteiger partial charge on any atom is -0.352 e. The number of hydrogen-bond acceptors (Lipinski definition) is 4. The summed E-state index contributed by atoms with van der Waals surface area (Å²) in [5.41, 5.74) is 6.04. The second-order valence-corrected chi connectivity index (χ2v) is 7.75. The number of nitrogens with zero attached hydrogens (tertiary/aromatic N) is 1. The summed E-state index contributed by atoms with van der Waals surface area (Å²) in [6.07, 6.45) is 2.71. The van der Waals surface area contributed by atoms with Gasteiger partial charge in [-0.3, -0.25) is 9.69 Å². The van der Waals surface area contributed by atoms with E-state index in [1.54, 1.807) is 0 Å². The van der Waals surface area contributed by atoms with Crippen LogP contribution in [0.2, 0.25) is 0 Å². The van der Waals surface area contributed by atoms with E-state index < -0.39 is 0 Å². The van der Waals surface area contributed by atoms with Crippen LogP contribution in [0.25, 0.3) is 0 Å². The third-order valence-electron chi connectivity index (χ3n) is 5.14. The predicted octanol–water partition coefficient (Wildman–Crippen LogP) is 0.443. The summed E-state index contributed by atoms with van der Waals surface area (Å²) in [4.78, 5) is 14.7. The summed E-state index contributed by atoms with van der Waals surface area (Å²) in [5.74, 6) is 0.110. The van der Waals surface area contributed by atoms with Crippen LogP contribution in [0.4, 0.5) is 0 Å². The Morgan fingerprint density at radius 3 is 2.25 bits per heavy atom. The number of nitrogens with one attached hydrogen (secondary N) is 2. The van der Waals surface area contributed by atoms with Crippen LogP contribution < -0.4 is 16.4 Å². The second-order valence-electron chi connectivity index (χ2n) is 7.75. The van der Waals surface area contributed by atoms with Crippen molar-refractivity contribution in [2.75, 3.05) is 13.6 Å². The Kier molecular flexibility index (Phi) is 4.15. The maximum atomic E-state index is 12.3. The average molecular weight is 282 g/mol. The molecule has 2 fully saturated rings. The molecule has 2 heterocycles. The Bertz CT molecular complexity index is 362. The van der Waals surface area contributed by atoms with E-state index in [1.165, 1.54) is 0 Å². The summed E-state index contributed by atoms with van der Waals surface area (Å²) in [6.45, 7) is 9.73. The topological polar surface area (TPSA) is 70.4 Å². The third-order valence-corrected chi connectivity index (χ3v) is 5.14. The molecule has 0 unspecified atom stereocenters. The minimum atomic E-state index is -0.115. The Balaban J connectivity index is 1.98. The molecule has 0 spiro atoms. The molecule has 0 aromatic carbocycles. The fraction of sp³-hybridized carbons (Fsp3) is 0.933. The largest absolute Gasteiger partial charge is 0.352 e. The highest BCUT2D eigenvalue weighted by atomic mass is 16.2. The summed E-state index contributed by atoms with van der Waals surface area (Å²) in [6, 6.07) is 0.231. The van der Waals surface area contributed by atoms with Crippen molar-refractivity contribution in [2.45, 2.75) is 76.2 Å². The molecule has 116 valence electrons. The molecule has 0 aromatic heterocycles. The number of carbonyl (C=O) groups excluding carboxylic acids is 1. The van der Waals surface area contributed by atoms with Gasteiger partial charge in [0.25, 0.3) is 0 Å². The van der Waals surface area contributed by atoms with E-state index in [-0.39, 0.29) is 35.1 Å². The van der Waals surface area contributed by atoms with Gasteiger partial charge in [0.2, 0.25) is 5.91 Å². The first-order chi connectivity index (χ1) is 9.12. The molecule has 2 aliphatic rings. The monoisotopic (exact) mass is 282 g/mol. The lowest BCUT2D eigenvalue weighted by Gasteiger charge is -2.53. The smallest absolute Gasteiger partial charge is 0.237 e. The molecule has 0 aliphatic carbocycles. The number of hydrogen-bond donors (Lipinski definition) is 3. The van der Waals surface area contributed by atoms with Crippen molar-refractivity contribution >= 4 is 5.91 Å². The molecule has 0 bridgehead atoms. The van der Waals surface area contributed by atoms with Crippen molar-refractivity contribution in [3.05, 3.63) is 0 Å². The van der Waals surface area contributed by atoms with Crippen LogP contribution in [0.1, 0.15) is 47.0 Å². The molecule has 0 saturated carbocycles. The van der Waals surface area contributed by atoms with E-state index in [4.69, 9.17) is 5.73 Å². The molecule has 2 saturated heterocycles. The van der Waals surface area contributed by atoms with E-state index in [0.717, 1.165) is 25.8 Å². The summed E-state index contributed by atoms with van der Waals surface area (Å²) in [5, 5.41) is 6.43. The van der Waals surface area contributed by atoms with Crippen molar-refractivity contribution < 1.29 is 4.79 Å². The molecule has 2 aliphatic heterocycles. The van der Waals surface area contributed by atoms with Crippen molar-refractivity contribution in [2.24, 2.45) is 5.73 Å². The molecule has 5 heteroatoms. The Morgan fingerprint density at radius 1 is 1.25 bits per heavy atom. The normalized spacial score (nSPS) is 34.1. The molecular formula is C15H30N4O. The van der Waals surface area contributed by atoms with Gasteiger partial charge < -0.3 is 16.4 Å². The minimum absolute atomic E-state index is 0.0964. The number of amides is 1. The van der Waals surface area contributed by atoms with Crippen LogP contribution in [0.5, 0.6) is 0 Å². The summed E-state index contributed by atoms with van der Waals surface area (Å²) in [7, 11) is 2.18. The molecule has 0 radical (unpaired) electrons. The van der Waals surface area contributed by atoms with Gasteiger partial charge in [-0.2, -0.15) is 0 Å². The number of likely N-dealkylation sites (tertiary alicyclic amines) is 1. The number of piperidine rings is 1. The standard InChI is InChI=1S/C15H30N4O/c1-14(2)7-11(8-15(3,4)19(14)5)18-13(20)12-6-10(16)9-17-12/h10-12,17H,6-9,16H2,1-5H3,(H,18,20)/t10-,12+/m1/s1. The van der Waals surface area contributed by atoms with Gasteiger partial charge in [-0.05, 0) is 54.0 Å². The Hall–Kier alpha value is -0.650. The van der Waals surface area contributed by atoms with Gasteiger partial charge in [0.15, 0.2) is 0 Å². The maximum absolute atomic E-state index is 12.3. The van der Waals surface area contributed by atoms with Crippen molar-refractivity contribution in [1.29, 1.82) is 0 Å². The molecule has 1 amide bonds. The van der Waals surface area contributed by atoms with Crippen LogP contribution in [-0.4, -0.2) is 53.6 Å². The zero-order valence-electron chi connectivity index (χ0n) is 13.5. The first kappa shape index (κ1) is 15.7. The number of nitrogens with two attached hydrogens (primary N) is 1. The molecule has 20 heavy (non-hydrogen) atoms. The van der Waals surface area contributed by atoms with Gasteiger partial charge in [0.05, 0.1) is 6.04 Å². The summed E-state index contributed by atoms with van der Waals surface area (Å²) < 4.78 is 0. The Morgan fingerprint density at radius 2 is 1.80 bits per heavy atom. The van der Waals surface area contributed by atoms with E-state index >= 15 is 0 Å². The van der Waals surface area contributed by atoms with Gasteiger partial charge in [-0.1, -0.05) is 0 Å². The van der Waals surface area contributed by atoms with E-state index in [2.05, 4.69) is 50.3 Å². The van der Waals surface area contributed by atoms with Crippen LogP contribution in [0.15, 0.2) is 0 Å². The maximum Gasteiger partial charge on any atom is 0.237 e. The van der Waals surface area contributed by atoms with Crippen LogP contribution >= 0.6 is 0 Å². The van der Waals surface area contributed by atoms with Gasteiger partial charge in [-0.25, -0.2) is 0 Å². The summed E-state index contributed by atoms with van der Waals surface area (Å²) >= 11 is 0. The first-order valence-corrected chi connectivity index (χ1v) is 7.65. The fourth-order valence-electron chi connectivity index (χ4n) is 3.74. The fourth-order valence-corrected chi connectivity index (χ4v) is 3.74. The first-order valence-electron chi connectivity index (χ1n) is 7.65. The second kappa shape index (κ2) is 5.28. The zero-order valence-corrected chi connectivity index (χ0v) is 13.5. The highest BCUT2D eigenvalue weighted by Crippen LogP contribution is 2.36. The van der Waals surface area contributed by atoms with Crippen LogP contribution in [0, 0.1) is 0 Å². The van der Waals surface area contributed by atoms with Gasteiger partial charge in [0.1, 0.15) is 0 Å². The van der Waals surface area contributed by atoms with Crippen molar-refractivity contribution in [3.63, 3.8) is 0 Å². The van der Waals surface area contributed by atoms with Crippen molar-refractivity contribution in [1.82, 2.24) is 15.5 Å². The van der Waals surface area contributed by atoms with Gasteiger partial charge in [-0.15, -0.1) is 0 Å². The predicted molar refractivity (Wildman–Crippen MR) is 81.5 cm³/mol. The number of rotatable bonds is 2. The molecular weight excluding hydrogens is 252 g/mol. The lowest BCUT2D eigenvalue weighted by Crippen LogP contribution is -2.63. The molecule has 2 atom stereocenters. The highest BCUT2D eigenvalue weighted by molar-refractivity contribution is 5.82. The van der Waals surface area contributed by atoms with Crippen LogP contribution in [-0.2, 0) is 4.79 Å². The van der Waals surface area contributed by atoms with E-state index in [1.807, 2.05) is 0 Å². The molecule has 5 nitrogen and oxygen atoms in total. The lowest BCUT2D eigenvalue weighted by molar-refractivity contribution is -0.125.